The van der Waals surface area contributed by atoms with Crippen LogP contribution >= 0.6 is 0 Å². The van der Waals surface area contributed by atoms with E-state index in [0.29, 0.717) is 16.6 Å². The Kier molecular flexibility index (Phi) is 3.21. The number of benzene rings is 1. The van der Waals surface area contributed by atoms with Gasteiger partial charge >= 0.3 is 7.12 Å². The van der Waals surface area contributed by atoms with E-state index in [4.69, 9.17) is 0 Å². The van der Waals surface area contributed by atoms with Gasteiger partial charge in [-0.05, 0) is 41.1 Å². The van der Waals surface area contributed by atoms with Crippen molar-refractivity contribution in [3.05, 3.63) is 29.1 Å². The molecule has 0 spiro atoms. The van der Waals surface area contributed by atoms with Crippen LogP contribution in [0.4, 0.5) is 4.39 Å². The van der Waals surface area contributed by atoms with Gasteiger partial charge in [0.25, 0.3) is 0 Å². The maximum Gasteiger partial charge on any atom is 0.489 e. The first-order chi connectivity index (χ1) is 6.73. The molecule has 0 aliphatic carbocycles. The summed E-state index contributed by atoms with van der Waals surface area (Å²) in [7, 11) is -1.56. The average Bonchev–Trinajstić information content (AvgIpc) is 1.99. The van der Waals surface area contributed by atoms with Crippen LogP contribution in [-0.4, -0.2) is 17.2 Å². The molecule has 0 radical (unpaired) electrons. The first-order valence-corrected chi connectivity index (χ1v) is 4.90. The number of hydrogen-bond acceptors (Lipinski definition) is 2. The Labute approximate surface area is 89.9 Å². The number of aryl methyl sites for hydroxylation is 1. The van der Waals surface area contributed by atoms with Gasteiger partial charge in [0.1, 0.15) is 5.82 Å². The molecule has 0 atom stereocenters. The third kappa shape index (κ3) is 2.58. The van der Waals surface area contributed by atoms with Crippen LogP contribution in [0, 0.1) is 12.7 Å². The lowest BCUT2D eigenvalue weighted by atomic mass is 9.68. The third-order valence-corrected chi connectivity index (χ3v) is 2.42. The monoisotopic (exact) mass is 210 g/mol. The van der Waals surface area contributed by atoms with Gasteiger partial charge in [-0.15, -0.1) is 0 Å². The van der Waals surface area contributed by atoms with Gasteiger partial charge in [-0.3, -0.25) is 0 Å². The molecule has 1 aromatic carbocycles. The zero-order valence-corrected chi connectivity index (χ0v) is 9.50. The van der Waals surface area contributed by atoms with Crippen molar-refractivity contribution in [3.8, 4) is 0 Å². The molecule has 0 amide bonds. The molecular formula is C11H16BFO2. The van der Waals surface area contributed by atoms with E-state index in [9.17, 15) is 14.4 Å². The van der Waals surface area contributed by atoms with Gasteiger partial charge < -0.3 is 10.0 Å². The Morgan fingerprint density at radius 1 is 1.20 bits per heavy atom. The standard InChI is InChI=1S/C11H16BFO2/c1-7-5-8(13)6-9(11(2,3)4)10(7)12(14)15/h5-6,14-15H,1-4H3. The zero-order valence-electron chi connectivity index (χ0n) is 9.50. The van der Waals surface area contributed by atoms with Gasteiger partial charge in [-0.25, -0.2) is 4.39 Å². The van der Waals surface area contributed by atoms with Crippen molar-refractivity contribution < 1.29 is 14.4 Å². The van der Waals surface area contributed by atoms with Crippen LogP contribution in [0.15, 0.2) is 12.1 Å². The molecule has 0 unspecified atom stereocenters. The highest BCUT2D eigenvalue weighted by Crippen LogP contribution is 2.22. The predicted molar refractivity (Wildman–Crippen MR) is 59.7 cm³/mol. The average molecular weight is 210 g/mol. The fourth-order valence-corrected chi connectivity index (χ4v) is 1.72. The summed E-state index contributed by atoms with van der Waals surface area (Å²) in [6.07, 6.45) is 0. The van der Waals surface area contributed by atoms with Crippen molar-refractivity contribution in [1.82, 2.24) is 0 Å². The molecular weight excluding hydrogens is 194 g/mol. The molecule has 0 aliphatic rings. The molecule has 4 heteroatoms. The van der Waals surface area contributed by atoms with E-state index in [-0.39, 0.29) is 11.2 Å². The van der Waals surface area contributed by atoms with Gasteiger partial charge in [0.05, 0.1) is 0 Å². The van der Waals surface area contributed by atoms with Gasteiger partial charge in [0.15, 0.2) is 0 Å². The Morgan fingerprint density at radius 3 is 2.13 bits per heavy atom. The van der Waals surface area contributed by atoms with E-state index >= 15 is 0 Å². The largest absolute Gasteiger partial charge is 0.489 e. The summed E-state index contributed by atoms with van der Waals surface area (Å²) in [5, 5.41) is 18.5. The fraction of sp³-hybridized carbons (Fsp3) is 0.455. The quantitative estimate of drug-likeness (QED) is 0.681. The lowest BCUT2D eigenvalue weighted by Crippen LogP contribution is -2.39. The summed E-state index contributed by atoms with van der Waals surface area (Å²) < 4.78 is 13.2. The topological polar surface area (TPSA) is 40.5 Å². The van der Waals surface area contributed by atoms with Crippen LogP contribution in [0.2, 0.25) is 0 Å². The second-order valence-corrected chi connectivity index (χ2v) is 4.81. The summed E-state index contributed by atoms with van der Waals surface area (Å²) >= 11 is 0. The molecule has 0 saturated carbocycles. The summed E-state index contributed by atoms with van der Waals surface area (Å²) in [4.78, 5) is 0. The smallest absolute Gasteiger partial charge is 0.423 e. The highest BCUT2D eigenvalue weighted by molar-refractivity contribution is 6.59. The maximum absolute atomic E-state index is 13.2. The Bertz CT molecular complexity index is 370. The van der Waals surface area contributed by atoms with Gasteiger partial charge in [-0.2, -0.15) is 0 Å². The highest BCUT2D eigenvalue weighted by Gasteiger charge is 2.26. The van der Waals surface area contributed by atoms with Crippen LogP contribution in [0.1, 0.15) is 31.9 Å². The highest BCUT2D eigenvalue weighted by atomic mass is 19.1. The minimum absolute atomic E-state index is 0.314. The molecule has 1 aromatic rings. The molecule has 0 heterocycles. The molecule has 0 saturated heterocycles. The Morgan fingerprint density at radius 2 is 1.73 bits per heavy atom. The SMILES string of the molecule is Cc1cc(F)cc(C(C)(C)C)c1B(O)O. The maximum atomic E-state index is 13.2. The normalized spacial score (nSPS) is 11.7. The summed E-state index contributed by atoms with van der Waals surface area (Å²) in [6, 6.07) is 2.67. The van der Waals surface area contributed by atoms with E-state index in [1.54, 1.807) is 6.92 Å². The third-order valence-electron chi connectivity index (χ3n) is 2.42. The van der Waals surface area contributed by atoms with Gasteiger partial charge in [0, 0.05) is 0 Å². The lowest BCUT2D eigenvalue weighted by Gasteiger charge is -2.24. The van der Waals surface area contributed by atoms with E-state index in [2.05, 4.69) is 0 Å². The van der Waals surface area contributed by atoms with Gasteiger partial charge in [0.2, 0.25) is 0 Å². The van der Waals surface area contributed by atoms with Gasteiger partial charge in [-0.1, -0.05) is 20.8 Å². The van der Waals surface area contributed by atoms with E-state index in [1.807, 2.05) is 20.8 Å². The Balaban J connectivity index is 3.47. The number of rotatable bonds is 1. The fourth-order valence-electron chi connectivity index (χ4n) is 1.72. The van der Waals surface area contributed by atoms with E-state index < -0.39 is 7.12 Å². The summed E-state index contributed by atoms with van der Waals surface area (Å²) in [5.74, 6) is -0.346. The van der Waals surface area contributed by atoms with Crippen molar-refractivity contribution in [2.75, 3.05) is 0 Å². The van der Waals surface area contributed by atoms with Crippen LogP contribution in [0.3, 0.4) is 0 Å². The molecule has 2 N–H and O–H groups in total. The zero-order chi connectivity index (χ0) is 11.8. The van der Waals surface area contributed by atoms with Crippen molar-refractivity contribution in [2.45, 2.75) is 33.1 Å². The minimum Gasteiger partial charge on any atom is -0.423 e. The van der Waals surface area contributed by atoms with Crippen LogP contribution in [0.25, 0.3) is 0 Å². The van der Waals surface area contributed by atoms with Crippen molar-refractivity contribution in [3.63, 3.8) is 0 Å². The molecule has 0 fully saturated rings. The first kappa shape index (κ1) is 12.2. The van der Waals surface area contributed by atoms with Crippen molar-refractivity contribution in [1.29, 1.82) is 0 Å². The number of halogens is 1. The molecule has 2 nitrogen and oxygen atoms in total. The first-order valence-electron chi connectivity index (χ1n) is 4.90. The molecule has 0 aliphatic heterocycles. The molecule has 0 aromatic heterocycles. The van der Waals surface area contributed by atoms with Crippen molar-refractivity contribution in [2.24, 2.45) is 0 Å². The Hall–Kier alpha value is -0.865. The lowest BCUT2D eigenvalue weighted by molar-refractivity contribution is 0.423. The van der Waals surface area contributed by atoms with Crippen LogP contribution < -0.4 is 5.46 Å². The van der Waals surface area contributed by atoms with E-state index in [1.165, 1.54) is 12.1 Å². The summed E-state index contributed by atoms with van der Waals surface area (Å²) in [5.41, 5.74) is 1.29. The second kappa shape index (κ2) is 3.95. The second-order valence-electron chi connectivity index (χ2n) is 4.81. The predicted octanol–water partition coefficient (Wildman–Crippen LogP) is 1.11. The summed E-state index contributed by atoms with van der Waals surface area (Å²) in [6.45, 7) is 7.40. The van der Waals surface area contributed by atoms with Crippen molar-refractivity contribution >= 4 is 12.6 Å². The molecule has 82 valence electrons. The van der Waals surface area contributed by atoms with E-state index in [0.717, 1.165) is 0 Å². The minimum atomic E-state index is -1.56. The molecule has 1 rings (SSSR count). The number of hydrogen-bond donors (Lipinski definition) is 2. The van der Waals surface area contributed by atoms with Crippen LogP contribution in [0.5, 0.6) is 0 Å². The van der Waals surface area contributed by atoms with Crippen LogP contribution in [-0.2, 0) is 5.41 Å². The molecule has 15 heavy (non-hydrogen) atoms. The molecule has 0 bridgehead atoms.